The van der Waals surface area contributed by atoms with Crippen LogP contribution in [0.25, 0.3) is 0 Å². The van der Waals surface area contributed by atoms with E-state index in [0.29, 0.717) is 0 Å². The molecule has 0 N–H and O–H groups in total. The number of ether oxygens (including phenoxy) is 1. The number of hydrogen-bond acceptors (Lipinski definition) is 1. The quantitative estimate of drug-likeness (QED) is 0.612. The van der Waals surface area contributed by atoms with Gasteiger partial charge in [-0.25, -0.2) is 0 Å². The lowest BCUT2D eigenvalue weighted by molar-refractivity contribution is -0.0971. The van der Waals surface area contributed by atoms with Crippen molar-refractivity contribution in [2.75, 3.05) is 7.11 Å². The molecule has 1 heteroatoms. The zero-order valence-electron chi connectivity index (χ0n) is 8.82. The van der Waals surface area contributed by atoms with Crippen molar-refractivity contribution in [2.24, 2.45) is 5.41 Å². The first-order chi connectivity index (χ1) is 4.93. The van der Waals surface area contributed by atoms with Gasteiger partial charge in [0.25, 0.3) is 0 Å². The summed E-state index contributed by atoms with van der Waals surface area (Å²) in [6.45, 7) is 11.1. The van der Waals surface area contributed by atoms with Gasteiger partial charge in [0.05, 0.1) is 5.60 Å². The Morgan fingerprint density at radius 2 is 1.36 bits per heavy atom. The molecule has 0 aromatic carbocycles. The molecule has 0 aromatic heterocycles. The molecule has 0 aliphatic heterocycles. The van der Waals surface area contributed by atoms with Gasteiger partial charge in [0.2, 0.25) is 0 Å². The zero-order chi connectivity index (χ0) is 9.12. The highest BCUT2D eigenvalue weighted by atomic mass is 16.5. The second-order valence-corrected chi connectivity index (χ2v) is 4.16. The molecule has 0 amide bonds. The molecular formula is C10H22O. The van der Waals surface area contributed by atoms with Gasteiger partial charge < -0.3 is 4.74 Å². The van der Waals surface area contributed by atoms with Crippen LogP contribution >= 0.6 is 0 Å². The van der Waals surface area contributed by atoms with Crippen molar-refractivity contribution < 1.29 is 4.74 Å². The SMILES string of the molecule is CCC(CC)(OC)C(C)(C)C. The van der Waals surface area contributed by atoms with E-state index in [1.165, 1.54) is 0 Å². The van der Waals surface area contributed by atoms with Gasteiger partial charge in [-0.2, -0.15) is 0 Å². The summed E-state index contributed by atoms with van der Waals surface area (Å²) in [6.07, 6.45) is 2.17. The van der Waals surface area contributed by atoms with Gasteiger partial charge in [0.15, 0.2) is 0 Å². The largest absolute Gasteiger partial charge is 0.378 e. The monoisotopic (exact) mass is 158 g/mol. The summed E-state index contributed by atoms with van der Waals surface area (Å²) in [5.41, 5.74) is 0.304. The topological polar surface area (TPSA) is 9.23 Å². The van der Waals surface area contributed by atoms with Gasteiger partial charge in [-0.05, 0) is 18.3 Å². The van der Waals surface area contributed by atoms with Gasteiger partial charge in [0.1, 0.15) is 0 Å². The number of methoxy groups -OCH3 is 1. The molecule has 1 nitrogen and oxygen atoms in total. The van der Waals surface area contributed by atoms with E-state index in [2.05, 4.69) is 34.6 Å². The summed E-state index contributed by atoms with van der Waals surface area (Å²) in [6, 6.07) is 0. The number of rotatable bonds is 3. The first kappa shape index (κ1) is 11.0. The Bertz CT molecular complexity index is 98.3. The second kappa shape index (κ2) is 3.57. The third kappa shape index (κ3) is 1.96. The normalized spacial score (nSPS) is 13.6. The van der Waals surface area contributed by atoms with Crippen LogP contribution in [0.4, 0.5) is 0 Å². The molecule has 0 unspecified atom stereocenters. The third-order valence-electron chi connectivity index (χ3n) is 2.90. The molecule has 0 aliphatic carbocycles. The molecule has 68 valence electrons. The standard InChI is InChI=1S/C10H22O/c1-7-10(8-2,11-6)9(3,4)5/h7-8H2,1-6H3. The van der Waals surface area contributed by atoms with Crippen LogP contribution in [0.3, 0.4) is 0 Å². The lowest BCUT2D eigenvalue weighted by Gasteiger charge is -2.42. The summed E-state index contributed by atoms with van der Waals surface area (Å²) in [5, 5.41) is 0. The Labute approximate surface area is 71.1 Å². The van der Waals surface area contributed by atoms with Crippen LogP contribution in [0.15, 0.2) is 0 Å². The van der Waals surface area contributed by atoms with E-state index in [0.717, 1.165) is 12.8 Å². The fraction of sp³-hybridized carbons (Fsp3) is 1.00. The fourth-order valence-electron chi connectivity index (χ4n) is 1.91. The summed E-state index contributed by atoms with van der Waals surface area (Å²) in [5.74, 6) is 0. The van der Waals surface area contributed by atoms with Crippen molar-refractivity contribution in [1.29, 1.82) is 0 Å². The maximum atomic E-state index is 5.60. The second-order valence-electron chi connectivity index (χ2n) is 4.16. The Morgan fingerprint density at radius 1 is 1.00 bits per heavy atom. The Kier molecular flexibility index (Phi) is 3.56. The van der Waals surface area contributed by atoms with Gasteiger partial charge in [-0.15, -0.1) is 0 Å². The minimum Gasteiger partial charge on any atom is -0.378 e. The molecular weight excluding hydrogens is 136 g/mol. The van der Waals surface area contributed by atoms with Crippen molar-refractivity contribution in [1.82, 2.24) is 0 Å². The van der Waals surface area contributed by atoms with Crippen LogP contribution < -0.4 is 0 Å². The molecule has 0 heterocycles. The van der Waals surface area contributed by atoms with E-state index in [9.17, 15) is 0 Å². The van der Waals surface area contributed by atoms with Gasteiger partial charge >= 0.3 is 0 Å². The predicted molar refractivity (Wildman–Crippen MR) is 49.8 cm³/mol. The average molecular weight is 158 g/mol. The van der Waals surface area contributed by atoms with Crippen LogP contribution in [-0.4, -0.2) is 12.7 Å². The smallest absolute Gasteiger partial charge is 0.0721 e. The Balaban J connectivity index is 4.54. The highest BCUT2D eigenvalue weighted by Crippen LogP contribution is 2.38. The molecule has 0 radical (unpaired) electrons. The van der Waals surface area contributed by atoms with Crippen molar-refractivity contribution in [3.8, 4) is 0 Å². The van der Waals surface area contributed by atoms with Crippen molar-refractivity contribution >= 4 is 0 Å². The van der Waals surface area contributed by atoms with Gasteiger partial charge in [-0.3, -0.25) is 0 Å². The molecule has 0 fully saturated rings. The van der Waals surface area contributed by atoms with Crippen molar-refractivity contribution in [2.45, 2.75) is 53.1 Å². The zero-order valence-corrected chi connectivity index (χ0v) is 8.82. The molecule has 0 aliphatic rings. The molecule has 0 spiro atoms. The summed E-state index contributed by atoms with van der Waals surface area (Å²) >= 11 is 0. The lowest BCUT2D eigenvalue weighted by Crippen LogP contribution is -2.43. The van der Waals surface area contributed by atoms with Crippen LogP contribution in [0, 0.1) is 5.41 Å². The minimum atomic E-state index is 0.0625. The molecule has 0 aromatic rings. The van der Waals surface area contributed by atoms with Gasteiger partial charge in [0, 0.05) is 7.11 Å². The van der Waals surface area contributed by atoms with E-state index in [-0.39, 0.29) is 11.0 Å². The van der Waals surface area contributed by atoms with E-state index in [4.69, 9.17) is 4.74 Å². The summed E-state index contributed by atoms with van der Waals surface area (Å²) in [7, 11) is 1.82. The van der Waals surface area contributed by atoms with Crippen LogP contribution in [0.2, 0.25) is 0 Å². The number of hydrogen-bond donors (Lipinski definition) is 0. The Morgan fingerprint density at radius 3 is 1.36 bits per heavy atom. The molecule has 11 heavy (non-hydrogen) atoms. The lowest BCUT2D eigenvalue weighted by atomic mass is 9.73. The maximum absolute atomic E-state index is 5.60. The highest BCUT2D eigenvalue weighted by Gasteiger charge is 2.38. The van der Waals surface area contributed by atoms with Crippen LogP contribution in [0.1, 0.15) is 47.5 Å². The molecule has 0 saturated carbocycles. The molecule has 0 saturated heterocycles. The fourth-order valence-corrected chi connectivity index (χ4v) is 1.91. The van der Waals surface area contributed by atoms with E-state index in [1.54, 1.807) is 0 Å². The highest BCUT2D eigenvalue weighted by molar-refractivity contribution is 4.89. The first-order valence-corrected chi connectivity index (χ1v) is 4.48. The molecule has 0 bridgehead atoms. The van der Waals surface area contributed by atoms with E-state index >= 15 is 0 Å². The van der Waals surface area contributed by atoms with E-state index in [1.807, 2.05) is 7.11 Å². The average Bonchev–Trinajstić information content (AvgIpc) is 1.90. The summed E-state index contributed by atoms with van der Waals surface area (Å²) in [4.78, 5) is 0. The van der Waals surface area contributed by atoms with Crippen molar-refractivity contribution in [3.05, 3.63) is 0 Å². The van der Waals surface area contributed by atoms with E-state index < -0.39 is 0 Å². The van der Waals surface area contributed by atoms with Crippen LogP contribution in [0.5, 0.6) is 0 Å². The maximum Gasteiger partial charge on any atom is 0.0721 e. The molecule has 0 rings (SSSR count). The van der Waals surface area contributed by atoms with Gasteiger partial charge in [-0.1, -0.05) is 34.6 Å². The Hall–Kier alpha value is -0.0400. The predicted octanol–water partition coefficient (Wildman–Crippen LogP) is 3.24. The van der Waals surface area contributed by atoms with Crippen LogP contribution in [-0.2, 0) is 4.74 Å². The third-order valence-corrected chi connectivity index (χ3v) is 2.90. The van der Waals surface area contributed by atoms with Crippen molar-refractivity contribution in [3.63, 3.8) is 0 Å². The first-order valence-electron chi connectivity index (χ1n) is 4.48. The minimum absolute atomic E-state index is 0.0625. The molecule has 0 atom stereocenters. The summed E-state index contributed by atoms with van der Waals surface area (Å²) < 4.78 is 5.60.